The molecule has 0 rings (SSSR count). The fraction of sp³-hybridized carbons (Fsp3) is 1.00. The van der Waals surface area contributed by atoms with Gasteiger partial charge in [-0.3, -0.25) is 0 Å². The topological polar surface area (TPSA) is 121 Å². The molecule has 0 bridgehead atoms. The molecule has 0 aliphatic carbocycles. The zero-order chi connectivity index (χ0) is 17.1. The van der Waals surface area contributed by atoms with Crippen LogP contribution in [0.1, 0.15) is 0 Å². The van der Waals surface area contributed by atoms with E-state index in [4.69, 9.17) is 30.0 Å². The lowest BCUT2D eigenvalue weighted by atomic mass is 11.4. The number of rotatable bonds is 0. The molecule has 0 aromatic heterocycles. The largest absolute Gasteiger partial charge is 0.519 e. The van der Waals surface area contributed by atoms with Crippen LogP contribution in [-0.4, -0.2) is 49.1 Å². The Bertz CT molecular complexity index is 137. The molecule has 6 N–H and O–H groups in total. The Morgan fingerprint density at radius 1 is 0.474 bits per heavy atom. The first-order chi connectivity index (χ1) is 7.73. The van der Waals surface area contributed by atoms with Crippen molar-refractivity contribution >= 4 is 8.60 Å². The van der Waals surface area contributed by atoms with E-state index in [0.717, 1.165) is 0 Å². The van der Waals surface area contributed by atoms with E-state index in [9.17, 15) is 39.5 Å². The number of halogens is 9. The van der Waals surface area contributed by atoms with Gasteiger partial charge in [0.15, 0.2) is 0 Å². The van der Waals surface area contributed by atoms with Crippen molar-refractivity contribution in [2.75, 3.05) is 0 Å². The number of alkyl halides is 9. The summed E-state index contributed by atoms with van der Waals surface area (Å²) in [4.78, 5) is 21.7. The Labute approximate surface area is 98.5 Å². The van der Waals surface area contributed by atoms with Crippen LogP contribution in [0.5, 0.6) is 0 Å². The summed E-state index contributed by atoms with van der Waals surface area (Å²) in [5.41, 5.74) is 0. The Kier molecular flexibility index (Phi) is 16.2. The van der Waals surface area contributed by atoms with E-state index in [1.54, 1.807) is 0 Å². The summed E-state index contributed by atoms with van der Waals surface area (Å²) < 4.78 is 89.2. The first kappa shape index (κ1) is 27.0. The standard InChI is InChI=1S/3CHF3O.H3O3P/c3*2-1(3,4)5;1-4(2)3/h3*5H;1-3H. The number of hydrogen-bond donors (Lipinski definition) is 6. The summed E-state index contributed by atoms with van der Waals surface area (Å²) in [6, 6.07) is 0. The highest BCUT2D eigenvalue weighted by Gasteiger charge is 2.21. The normalized spacial score (nSPS) is 11.4. The molecule has 0 aromatic carbocycles. The molecule has 0 saturated carbocycles. The summed E-state index contributed by atoms with van der Waals surface area (Å²) in [5.74, 6) is 0. The van der Waals surface area contributed by atoms with Gasteiger partial charge in [-0.1, -0.05) is 0 Å². The molecule has 0 aliphatic rings. The molecule has 0 radical (unpaired) electrons. The Morgan fingerprint density at radius 2 is 0.474 bits per heavy atom. The average molecular weight is 340 g/mol. The van der Waals surface area contributed by atoms with Crippen molar-refractivity contribution < 1.29 is 69.5 Å². The van der Waals surface area contributed by atoms with Crippen molar-refractivity contribution in [2.24, 2.45) is 0 Å². The number of hydrogen-bond acceptors (Lipinski definition) is 6. The van der Waals surface area contributed by atoms with Crippen LogP contribution in [0.3, 0.4) is 0 Å². The van der Waals surface area contributed by atoms with Gasteiger partial charge in [-0.2, -0.15) is 0 Å². The molecule has 0 heterocycles. The van der Waals surface area contributed by atoms with E-state index >= 15 is 0 Å². The van der Waals surface area contributed by atoms with Crippen LogP contribution in [0.25, 0.3) is 0 Å². The highest BCUT2D eigenvalue weighted by Crippen LogP contribution is 2.11. The van der Waals surface area contributed by atoms with Gasteiger partial charge in [0.25, 0.3) is 0 Å². The Balaban J connectivity index is -0.0000000793. The molecule has 6 nitrogen and oxygen atoms in total. The first-order valence-electron chi connectivity index (χ1n) is 2.97. The summed E-state index contributed by atoms with van der Waals surface area (Å²) in [6.45, 7) is 0. The lowest BCUT2D eigenvalue weighted by Crippen LogP contribution is -2.01. The SMILES string of the molecule is OC(F)(F)F.OC(F)(F)F.OC(F)(F)F.OP(O)O. The van der Waals surface area contributed by atoms with Gasteiger partial charge < -0.3 is 30.0 Å². The monoisotopic (exact) mass is 340 g/mol. The third-order valence-electron chi connectivity index (χ3n) is 0. The van der Waals surface area contributed by atoms with Crippen molar-refractivity contribution in [3.05, 3.63) is 0 Å². The van der Waals surface area contributed by atoms with Gasteiger partial charge >= 0.3 is 27.7 Å². The molecular weight excluding hydrogens is 334 g/mol. The second-order valence-corrected chi connectivity index (χ2v) is 2.21. The highest BCUT2D eigenvalue weighted by atomic mass is 31.2. The van der Waals surface area contributed by atoms with Gasteiger partial charge in [0.05, 0.1) is 0 Å². The summed E-state index contributed by atoms with van der Waals surface area (Å²) in [7, 11) is -2.62. The molecule has 19 heavy (non-hydrogen) atoms. The second kappa shape index (κ2) is 11.4. The predicted octanol–water partition coefficient (Wildman–Crippen LogP) is 0.686. The van der Waals surface area contributed by atoms with Crippen LogP contribution in [0.4, 0.5) is 39.5 Å². The minimum absolute atomic E-state index is 2.62. The van der Waals surface area contributed by atoms with Crippen molar-refractivity contribution in [1.29, 1.82) is 0 Å². The maximum atomic E-state index is 9.91. The maximum absolute atomic E-state index is 9.91. The van der Waals surface area contributed by atoms with Crippen molar-refractivity contribution in [3.63, 3.8) is 0 Å². The van der Waals surface area contributed by atoms with Gasteiger partial charge in [0, 0.05) is 0 Å². The molecule has 0 amide bonds. The third-order valence-corrected chi connectivity index (χ3v) is 0. The molecule has 16 heteroatoms. The predicted molar refractivity (Wildman–Crippen MR) is 38.4 cm³/mol. The molecule has 0 unspecified atom stereocenters. The van der Waals surface area contributed by atoms with E-state index in [1.165, 1.54) is 0 Å². The zero-order valence-electron chi connectivity index (χ0n) is 8.03. The molecule has 0 aliphatic heterocycles. The van der Waals surface area contributed by atoms with Crippen LogP contribution in [-0.2, 0) is 0 Å². The quantitative estimate of drug-likeness (QED) is 0.285. The van der Waals surface area contributed by atoms with Crippen LogP contribution in [0, 0.1) is 0 Å². The Hall–Kier alpha value is -0.440. The van der Waals surface area contributed by atoms with Gasteiger partial charge in [-0.15, -0.1) is 39.5 Å². The lowest BCUT2D eigenvalue weighted by molar-refractivity contribution is -0.296. The second-order valence-electron chi connectivity index (χ2n) is 1.67. The molecular formula is C3H6F9O6P. The minimum Gasteiger partial charge on any atom is -0.328 e. The van der Waals surface area contributed by atoms with E-state index in [0.29, 0.717) is 0 Å². The third kappa shape index (κ3) is 22000. The van der Waals surface area contributed by atoms with Gasteiger partial charge in [-0.05, 0) is 0 Å². The minimum atomic E-state index is -5.00. The molecule has 0 spiro atoms. The fourth-order valence-electron chi connectivity index (χ4n) is 0. The average Bonchev–Trinajstić information content (AvgIpc) is 1.66. The van der Waals surface area contributed by atoms with Crippen LogP contribution < -0.4 is 0 Å². The van der Waals surface area contributed by atoms with Crippen molar-refractivity contribution in [3.8, 4) is 0 Å². The zero-order valence-corrected chi connectivity index (χ0v) is 8.93. The smallest absolute Gasteiger partial charge is 0.328 e. The van der Waals surface area contributed by atoms with Gasteiger partial charge in [-0.25, -0.2) is 0 Å². The van der Waals surface area contributed by atoms with E-state index in [1.807, 2.05) is 0 Å². The summed E-state index contributed by atoms with van der Waals surface area (Å²) >= 11 is 0. The van der Waals surface area contributed by atoms with E-state index < -0.39 is 27.7 Å². The van der Waals surface area contributed by atoms with E-state index in [2.05, 4.69) is 0 Å². The lowest BCUT2D eigenvalue weighted by Gasteiger charge is -1.86. The fourth-order valence-corrected chi connectivity index (χ4v) is 0. The highest BCUT2D eigenvalue weighted by molar-refractivity contribution is 7.38. The van der Waals surface area contributed by atoms with Crippen LogP contribution in [0.15, 0.2) is 0 Å². The van der Waals surface area contributed by atoms with Crippen molar-refractivity contribution in [2.45, 2.75) is 19.1 Å². The van der Waals surface area contributed by atoms with Gasteiger partial charge in [0.2, 0.25) is 0 Å². The van der Waals surface area contributed by atoms with Crippen LogP contribution >= 0.6 is 8.60 Å². The van der Waals surface area contributed by atoms with Crippen molar-refractivity contribution in [1.82, 2.24) is 0 Å². The molecule has 0 atom stereocenters. The first-order valence-corrected chi connectivity index (χ1v) is 4.17. The Morgan fingerprint density at radius 3 is 0.474 bits per heavy atom. The molecule has 0 fully saturated rings. The number of aliphatic hydroxyl groups is 3. The summed E-state index contributed by atoms with van der Waals surface area (Å²) in [6.07, 6.45) is -15.0. The molecule has 0 saturated heterocycles. The molecule has 122 valence electrons. The van der Waals surface area contributed by atoms with Gasteiger partial charge in [0.1, 0.15) is 0 Å². The summed E-state index contributed by atoms with van der Waals surface area (Å²) in [5, 5.41) is 19.6. The maximum Gasteiger partial charge on any atom is 0.519 e. The van der Waals surface area contributed by atoms with E-state index in [-0.39, 0.29) is 0 Å². The van der Waals surface area contributed by atoms with Crippen LogP contribution in [0.2, 0.25) is 0 Å². The molecule has 0 aromatic rings.